The van der Waals surface area contributed by atoms with Gasteiger partial charge in [-0.3, -0.25) is 4.79 Å². The Morgan fingerprint density at radius 1 is 1.52 bits per heavy atom. The quantitative estimate of drug-likeness (QED) is 0.905. The number of hydrogen-bond acceptors (Lipinski definition) is 4. The fourth-order valence-corrected chi connectivity index (χ4v) is 3.83. The van der Waals surface area contributed by atoms with Crippen LogP contribution in [0.25, 0.3) is 0 Å². The summed E-state index contributed by atoms with van der Waals surface area (Å²) in [7, 11) is 0. The number of carbonyl (C=O) groups is 1. The number of carbonyl (C=O) groups excluding carboxylic acids is 1. The first-order valence-electron chi connectivity index (χ1n) is 8.12. The van der Waals surface area contributed by atoms with E-state index in [4.69, 9.17) is 9.26 Å². The fourth-order valence-electron chi connectivity index (χ4n) is 3.83. The van der Waals surface area contributed by atoms with Crippen molar-refractivity contribution in [3.63, 3.8) is 0 Å². The van der Waals surface area contributed by atoms with Crippen molar-refractivity contribution < 1.29 is 14.1 Å². The second-order valence-electron chi connectivity index (χ2n) is 6.68. The molecule has 0 aliphatic heterocycles. The summed E-state index contributed by atoms with van der Waals surface area (Å²) in [5.74, 6) is 1.25. The van der Waals surface area contributed by atoms with Gasteiger partial charge >= 0.3 is 0 Å². The molecule has 0 unspecified atom stereocenters. The van der Waals surface area contributed by atoms with Gasteiger partial charge in [0.05, 0.1) is 6.10 Å². The van der Waals surface area contributed by atoms with E-state index >= 15 is 0 Å². The molecule has 3 aliphatic rings. The molecule has 1 spiro atoms. The lowest BCUT2D eigenvalue weighted by atomic mass is 9.51. The first-order valence-corrected chi connectivity index (χ1v) is 8.12. The third kappa shape index (κ3) is 2.09. The summed E-state index contributed by atoms with van der Waals surface area (Å²) >= 11 is 0. The van der Waals surface area contributed by atoms with E-state index in [9.17, 15) is 4.79 Å². The minimum absolute atomic E-state index is 0.100. The van der Waals surface area contributed by atoms with Gasteiger partial charge in [0.1, 0.15) is 5.76 Å². The van der Waals surface area contributed by atoms with Gasteiger partial charge in [0, 0.05) is 30.0 Å². The van der Waals surface area contributed by atoms with Gasteiger partial charge in [0.25, 0.3) is 5.91 Å². The molecule has 114 valence electrons. The second-order valence-corrected chi connectivity index (χ2v) is 6.68. The van der Waals surface area contributed by atoms with E-state index in [2.05, 4.69) is 10.5 Å². The zero-order valence-electron chi connectivity index (χ0n) is 12.4. The second kappa shape index (κ2) is 4.83. The van der Waals surface area contributed by atoms with Crippen molar-refractivity contribution in [3.8, 4) is 0 Å². The third-order valence-electron chi connectivity index (χ3n) is 5.48. The highest BCUT2D eigenvalue weighted by molar-refractivity contribution is 5.92. The van der Waals surface area contributed by atoms with E-state index < -0.39 is 0 Å². The summed E-state index contributed by atoms with van der Waals surface area (Å²) in [5.41, 5.74) is 0.612. The fraction of sp³-hybridized carbons (Fsp3) is 0.750. The summed E-state index contributed by atoms with van der Waals surface area (Å²) in [6, 6.07) is 2.04. The molecular formula is C16H22N2O3. The maximum absolute atomic E-state index is 12.3. The van der Waals surface area contributed by atoms with Crippen LogP contribution in [0.15, 0.2) is 10.6 Å². The van der Waals surface area contributed by atoms with Crippen LogP contribution in [-0.2, 0) is 4.74 Å². The van der Waals surface area contributed by atoms with E-state index in [1.807, 2.05) is 6.92 Å². The summed E-state index contributed by atoms with van der Waals surface area (Å²) in [6.07, 6.45) is 7.11. The molecule has 21 heavy (non-hydrogen) atoms. The molecule has 3 fully saturated rings. The van der Waals surface area contributed by atoms with Gasteiger partial charge in [0.15, 0.2) is 5.69 Å². The van der Waals surface area contributed by atoms with Crippen molar-refractivity contribution in [2.75, 3.05) is 6.61 Å². The molecule has 5 nitrogen and oxygen atoms in total. The van der Waals surface area contributed by atoms with E-state index in [1.165, 1.54) is 6.42 Å². The van der Waals surface area contributed by atoms with Gasteiger partial charge in [-0.2, -0.15) is 0 Å². The Balaban J connectivity index is 1.40. The van der Waals surface area contributed by atoms with Crippen molar-refractivity contribution in [1.29, 1.82) is 0 Å². The van der Waals surface area contributed by atoms with Crippen LogP contribution in [0.2, 0.25) is 0 Å². The molecule has 0 bridgehead atoms. The Bertz CT molecular complexity index is 545. The van der Waals surface area contributed by atoms with Gasteiger partial charge in [-0.1, -0.05) is 11.6 Å². The Labute approximate surface area is 124 Å². The van der Waals surface area contributed by atoms with Gasteiger partial charge in [-0.15, -0.1) is 0 Å². The molecule has 1 aromatic heterocycles. The van der Waals surface area contributed by atoms with Crippen LogP contribution in [0.4, 0.5) is 0 Å². The smallest absolute Gasteiger partial charge is 0.273 e. The standard InChI is InChI=1S/C16H22N2O3/c1-2-20-14-9-13(16(14)6-3-7-16)17-15(19)11-8-12(21-18-11)10-4-5-10/h8,10,13-14H,2-7,9H2,1H3,(H,17,19)/t13-,14-/m0/s1. The molecule has 2 atom stereocenters. The largest absolute Gasteiger partial charge is 0.378 e. The highest BCUT2D eigenvalue weighted by Gasteiger charge is 2.59. The molecule has 1 heterocycles. The summed E-state index contributed by atoms with van der Waals surface area (Å²) < 4.78 is 11.1. The van der Waals surface area contributed by atoms with Gasteiger partial charge < -0.3 is 14.6 Å². The minimum Gasteiger partial charge on any atom is -0.378 e. The molecule has 3 saturated carbocycles. The summed E-state index contributed by atoms with van der Waals surface area (Å²) in [4.78, 5) is 12.3. The summed E-state index contributed by atoms with van der Waals surface area (Å²) in [6.45, 7) is 2.79. The molecule has 1 N–H and O–H groups in total. The number of aromatic nitrogens is 1. The highest BCUT2D eigenvalue weighted by Crippen LogP contribution is 2.57. The van der Waals surface area contributed by atoms with Crippen molar-refractivity contribution in [3.05, 3.63) is 17.5 Å². The molecule has 0 radical (unpaired) electrons. The van der Waals surface area contributed by atoms with Crippen LogP contribution in [0, 0.1) is 5.41 Å². The number of nitrogens with one attached hydrogen (secondary N) is 1. The maximum atomic E-state index is 12.3. The normalized spacial score (nSPS) is 29.8. The SMILES string of the molecule is CCO[C@H]1C[C@H](NC(=O)c2cc(C3CC3)on2)C12CCC2. The number of hydrogen-bond donors (Lipinski definition) is 1. The van der Waals surface area contributed by atoms with Crippen LogP contribution in [0.3, 0.4) is 0 Å². The first kappa shape index (κ1) is 13.3. The van der Waals surface area contributed by atoms with Crippen molar-refractivity contribution in [2.24, 2.45) is 5.41 Å². The molecule has 1 amide bonds. The Hall–Kier alpha value is -1.36. The van der Waals surface area contributed by atoms with Crippen LogP contribution in [0.1, 0.15) is 67.6 Å². The zero-order valence-corrected chi connectivity index (χ0v) is 12.4. The van der Waals surface area contributed by atoms with E-state index in [0.29, 0.717) is 17.7 Å². The van der Waals surface area contributed by atoms with Crippen LogP contribution < -0.4 is 5.32 Å². The number of rotatable bonds is 5. The molecule has 1 aromatic rings. The minimum atomic E-state index is -0.100. The maximum Gasteiger partial charge on any atom is 0.273 e. The van der Waals surface area contributed by atoms with Crippen LogP contribution in [-0.4, -0.2) is 29.8 Å². The molecule has 0 saturated heterocycles. The molecule has 4 rings (SSSR count). The molecule has 3 aliphatic carbocycles. The number of ether oxygens (including phenoxy) is 1. The Morgan fingerprint density at radius 3 is 2.95 bits per heavy atom. The molecular weight excluding hydrogens is 268 g/mol. The van der Waals surface area contributed by atoms with Crippen molar-refractivity contribution in [1.82, 2.24) is 10.5 Å². The van der Waals surface area contributed by atoms with Crippen LogP contribution in [0.5, 0.6) is 0 Å². The lowest BCUT2D eigenvalue weighted by Crippen LogP contribution is -2.67. The lowest BCUT2D eigenvalue weighted by Gasteiger charge is -2.60. The topological polar surface area (TPSA) is 64.4 Å². The number of nitrogens with zero attached hydrogens (tertiary/aromatic N) is 1. The third-order valence-corrected chi connectivity index (χ3v) is 5.48. The highest BCUT2D eigenvalue weighted by atomic mass is 16.5. The van der Waals surface area contributed by atoms with E-state index in [0.717, 1.165) is 44.5 Å². The number of amides is 1. The van der Waals surface area contributed by atoms with Crippen LogP contribution >= 0.6 is 0 Å². The predicted octanol–water partition coefficient (Wildman–Crippen LogP) is 2.63. The van der Waals surface area contributed by atoms with Gasteiger partial charge in [0.2, 0.25) is 0 Å². The monoisotopic (exact) mass is 290 g/mol. The van der Waals surface area contributed by atoms with Crippen molar-refractivity contribution in [2.45, 2.75) is 63.5 Å². The van der Waals surface area contributed by atoms with E-state index in [1.54, 1.807) is 6.07 Å². The van der Waals surface area contributed by atoms with Gasteiger partial charge in [-0.05, 0) is 39.0 Å². The Kier molecular flexibility index (Phi) is 3.06. The predicted molar refractivity (Wildman–Crippen MR) is 76.0 cm³/mol. The average molecular weight is 290 g/mol. The lowest BCUT2D eigenvalue weighted by molar-refractivity contribution is -0.169. The molecule has 5 heteroatoms. The Morgan fingerprint density at radius 2 is 2.33 bits per heavy atom. The first-order chi connectivity index (χ1) is 10.2. The summed E-state index contributed by atoms with van der Waals surface area (Å²) in [5, 5.41) is 7.06. The average Bonchev–Trinajstić information content (AvgIpc) is 3.13. The molecule has 0 aromatic carbocycles. The van der Waals surface area contributed by atoms with E-state index in [-0.39, 0.29) is 17.4 Å². The zero-order chi connectivity index (χ0) is 14.4. The van der Waals surface area contributed by atoms with Gasteiger partial charge in [-0.25, -0.2) is 0 Å². The van der Waals surface area contributed by atoms with Crippen molar-refractivity contribution >= 4 is 5.91 Å².